The number of nitrogens with zero attached hydrogens (tertiary/aromatic N) is 5. The molecule has 0 bridgehead atoms. The summed E-state index contributed by atoms with van der Waals surface area (Å²) in [6.45, 7) is 0. The average molecular weight is 908 g/mol. The lowest BCUT2D eigenvalue weighted by molar-refractivity contribution is 1.06. The fourth-order valence-electron chi connectivity index (χ4n) is 10.7. The largest absolute Gasteiger partial charge is 0.309 e. The third-order valence-corrected chi connectivity index (χ3v) is 13.5. The number of hydrogen-bond donors (Lipinski definition) is 0. The van der Waals surface area contributed by atoms with Crippen LogP contribution in [0.4, 0.5) is 0 Å². The van der Waals surface area contributed by atoms with E-state index in [1.807, 2.05) is 121 Å². The van der Waals surface area contributed by atoms with Crippen LogP contribution in [0.25, 0.3) is 132 Å². The molecule has 5 heterocycles. The van der Waals surface area contributed by atoms with Crippen LogP contribution in [0.2, 0.25) is 0 Å². The molecule has 0 aliphatic rings. The van der Waals surface area contributed by atoms with E-state index in [0.29, 0.717) is 16.8 Å². The second-order valence-electron chi connectivity index (χ2n) is 17.1. The monoisotopic (exact) mass is 907 g/mol. The molecule has 0 aliphatic carbocycles. The molecule has 0 N–H and O–H groups in total. The maximum atomic E-state index is 9.63. The highest BCUT2D eigenvalue weighted by atomic mass is 15.1. The van der Waals surface area contributed by atoms with Gasteiger partial charge in [-0.3, -0.25) is 4.57 Å². The van der Waals surface area contributed by atoms with E-state index in [1.54, 1.807) is 6.07 Å². The first kappa shape index (κ1) is 26.2. The highest BCUT2D eigenvalue weighted by Crippen LogP contribution is 2.46. The Kier molecular flexibility index (Phi) is 5.62. The van der Waals surface area contributed by atoms with Crippen LogP contribution in [0.5, 0.6) is 0 Å². The minimum absolute atomic E-state index is 0.00130. The van der Waals surface area contributed by atoms with Gasteiger partial charge in [-0.15, -0.1) is 0 Å². The molecular formula is C65H41N5. The number of fused-ring (bicyclic) bond motifs is 12. The molecule has 15 rings (SSSR count). The maximum Gasteiger partial charge on any atom is 0.140 e. The molecule has 70 heavy (non-hydrogen) atoms. The minimum atomic E-state index is -0.672. The molecular weight excluding hydrogens is 851 g/mol. The number of rotatable bonds is 6. The second-order valence-corrected chi connectivity index (χ2v) is 17.1. The summed E-state index contributed by atoms with van der Waals surface area (Å²) >= 11 is 0. The van der Waals surface area contributed by atoms with Crippen molar-refractivity contribution in [2.75, 3.05) is 0 Å². The molecule has 5 heteroatoms. The number of aromatic nitrogens is 5. The zero-order chi connectivity index (χ0) is 59.8. The molecule has 0 fully saturated rings. The van der Waals surface area contributed by atoms with Crippen LogP contribution in [0.1, 0.15) is 21.9 Å². The molecule has 326 valence electrons. The number of hydrogen-bond acceptors (Lipinski definition) is 1. The van der Waals surface area contributed by atoms with Gasteiger partial charge in [-0.25, -0.2) is 4.98 Å². The molecule has 0 spiro atoms. The summed E-state index contributed by atoms with van der Waals surface area (Å²) in [6.07, 6.45) is 0. The number of benzene rings is 10. The lowest BCUT2D eigenvalue weighted by Crippen LogP contribution is -2.06. The van der Waals surface area contributed by atoms with E-state index < -0.39 is 96.7 Å². The normalized spacial score (nSPS) is 15.2. The molecule has 10 aromatic carbocycles. The van der Waals surface area contributed by atoms with Crippen LogP contribution < -0.4 is 0 Å². The second kappa shape index (κ2) is 15.0. The van der Waals surface area contributed by atoms with Crippen molar-refractivity contribution in [3.05, 3.63) is 248 Å². The Balaban J connectivity index is 1.20. The zero-order valence-corrected chi connectivity index (χ0v) is 36.7. The van der Waals surface area contributed by atoms with Gasteiger partial charge in [0.05, 0.1) is 83.1 Å². The van der Waals surface area contributed by atoms with Gasteiger partial charge in [0, 0.05) is 60.4 Å². The highest BCUT2D eigenvalue weighted by Gasteiger charge is 2.25. The Labute approximate surface area is 425 Å². The van der Waals surface area contributed by atoms with Gasteiger partial charge in [0.1, 0.15) is 5.82 Å². The Morgan fingerprint density at radius 3 is 1.37 bits per heavy atom. The van der Waals surface area contributed by atoms with Crippen molar-refractivity contribution in [3.63, 3.8) is 0 Å². The average Bonchev–Trinajstić information content (AvgIpc) is 1.56. The van der Waals surface area contributed by atoms with Crippen LogP contribution in [0, 0.1) is 0 Å². The summed E-state index contributed by atoms with van der Waals surface area (Å²) in [5, 5.41) is 2.79. The molecule has 15 aromatic rings. The van der Waals surface area contributed by atoms with Crippen LogP contribution in [0.15, 0.2) is 248 Å². The van der Waals surface area contributed by atoms with Crippen LogP contribution in [-0.2, 0) is 0 Å². The van der Waals surface area contributed by atoms with E-state index in [0.717, 1.165) is 54.9 Å². The van der Waals surface area contributed by atoms with Crippen molar-refractivity contribution in [2.24, 2.45) is 0 Å². The molecule has 0 radical (unpaired) electrons. The lowest BCUT2D eigenvalue weighted by Gasteiger charge is -2.21. The van der Waals surface area contributed by atoms with Gasteiger partial charge in [-0.1, -0.05) is 170 Å². The van der Waals surface area contributed by atoms with Crippen molar-refractivity contribution in [1.29, 1.82) is 0 Å². The molecule has 0 aliphatic heterocycles. The van der Waals surface area contributed by atoms with Gasteiger partial charge in [0.25, 0.3) is 0 Å². The summed E-state index contributed by atoms with van der Waals surface area (Å²) in [5.41, 5.74) is 5.91. The third kappa shape index (κ3) is 5.51. The Hall–Kier alpha value is -9.45. The fourth-order valence-corrected chi connectivity index (χ4v) is 10.7. The van der Waals surface area contributed by atoms with E-state index in [9.17, 15) is 11.0 Å². The first-order valence-corrected chi connectivity index (χ1v) is 22.7. The predicted octanol–water partition coefficient (Wildman–Crippen LogP) is 16.8. The lowest BCUT2D eigenvalue weighted by atomic mass is 9.92. The van der Waals surface area contributed by atoms with Crippen LogP contribution in [0.3, 0.4) is 0 Å². The standard InChI is InChI=1S/C65H41N5/c1-2-20-42(21-3-1)67-60-37-17-10-28-52(60)64-50(29-18-38-61(64)67)51-30-19-39-62(69-56-33-13-6-24-46(56)47-25-7-14-34-57(47)69)65(51)53-40-43(68-54-31-11-4-22-44(54)45-23-5-12-32-55(45)68)41-63(66-53)70-58-35-15-8-26-48(58)49-27-9-16-36-59(49)70/h1-41H/i4D,5D,8D,9D,11D,12D,15D,16D,22D,23D,26D,27D,31D,32D,35D,36D. The first-order chi connectivity index (χ1) is 41.4. The van der Waals surface area contributed by atoms with Gasteiger partial charge in [-0.2, -0.15) is 0 Å². The highest BCUT2D eigenvalue weighted by molar-refractivity contribution is 6.18. The smallest absolute Gasteiger partial charge is 0.140 e. The number of para-hydroxylation sites is 8. The summed E-state index contributed by atoms with van der Waals surface area (Å²) < 4.78 is 155. The van der Waals surface area contributed by atoms with Crippen molar-refractivity contribution in [2.45, 2.75) is 0 Å². The maximum absolute atomic E-state index is 9.63. The molecule has 0 amide bonds. The summed E-state index contributed by atoms with van der Waals surface area (Å²) in [4.78, 5) is 5.54. The topological polar surface area (TPSA) is 32.6 Å². The van der Waals surface area contributed by atoms with Crippen molar-refractivity contribution < 1.29 is 21.9 Å². The molecule has 5 aromatic heterocycles. The van der Waals surface area contributed by atoms with E-state index in [1.165, 1.54) is 15.2 Å². The minimum Gasteiger partial charge on any atom is -0.309 e. The third-order valence-electron chi connectivity index (χ3n) is 13.5. The number of pyridine rings is 1. The Morgan fingerprint density at radius 2 is 0.771 bits per heavy atom. The summed E-state index contributed by atoms with van der Waals surface area (Å²) in [6, 6.07) is 39.0. The van der Waals surface area contributed by atoms with E-state index in [2.05, 4.69) is 27.3 Å². The zero-order valence-electron chi connectivity index (χ0n) is 52.7. The first-order valence-electron chi connectivity index (χ1n) is 30.7. The molecule has 0 saturated heterocycles. The Morgan fingerprint density at radius 1 is 0.314 bits per heavy atom. The molecule has 0 atom stereocenters. The van der Waals surface area contributed by atoms with Crippen LogP contribution in [-0.4, -0.2) is 23.3 Å². The van der Waals surface area contributed by atoms with Gasteiger partial charge in [0.2, 0.25) is 0 Å². The summed E-state index contributed by atoms with van der Waals surface area (Å²) in [7, 11) is 0. The molecule has 5 nitrogen and oxygen atoms in total. The van der Waals surface area contributed by atoms with Gasteiger partial charge in [-0.05, 0) is 83.8 Å². The SMILES string of the molecule is [2H]c1c([2H])c([2H])c2c(c1[2H])c1c([2H])c([2H])c([2H])c([2H])c1n2-c1cc(-c2c(-c3cccc4c3c3ccccc3n4-c3ccccc3)cccc2-n2c3ccccc3c3ccccc32)nc(-n2c3c([2H])c([2H])c([2H])c([2H])c3c3c([2H])c([2H])c([2H])c([2H])c32)c1. The van der Waals surface area contributed by atoms with Gasteiger partial charge >= 0.3 is 0 Å². The van der Waals surface area contributed by atoms with E-state index in [-0.39, 0.29) is 60.8 Å². The fraction of sp³-hybridized carbons (Fsp3) is 0. The van der Waals surface area contributed by atoms with Crippen LogP contribution >= 0.6 is 0 Å². The van der Waals surface area contributed by atoms with E-state index >= 15 is 0 Å². The predicted molar refractivity (Wildman–Crippen MR) is 292 cm³/mol. The van der Waals surface area contributed by atoms with Gasteiger partial charge < -0.3 is 13.7 Å². The molecule has 0 unspecified atom stereocenters. The van der Waals surface area contributed by atoms with Crippen molar-refractivity contribution in [1.82, 2.24) is 23.3 Å². The quantitative estimate of drug-likeness (QED) is 0.164. The Bertz CT molecular complexity index is 5180. The molecule has 0 saturated carbocycles. The summed E-state index contributed by atoms with van der Waals surface area (Å²) in [5.74, 6) is -0.189. The van der Waals surface area contributed by atoms with Crippen molar-refractivity contribution in [3.8, 4) is 45.3 Å². The van der Waals surface area contributed by atoms with E-state index in [4.69, 9.17) is 16.0 Å². The van der Waals surface area contributed by atoms with Gasteiger partial charge in [0.15, 0.2) is 0 Å². The van der Waals surface area contributed by atoms with Crippen molar-refractivity contribution >= 4 is 87.2 Å².